The predicted molar refractivity (Wildman–Crippen MR) is 58.3 cm³/mol. The molecule has 0 heterocycles. The molecule has 1 fully saturated rings. The van der Waals surface area contributed by atoms with Gasteiger partial charge in [-0.1, -0.05) is 19.3 Å². The van der Waals surface area contributed by atoms with Gasteiger partial charge in [-0.2, -0.15) is 13.2 Å². The molecule has 1 aliphatic rings. The van der Waals surface area contributed by atoms with E-state index in [1.54, 1.807) is 0 Å². The van der Waals surface area contributed by atoms with Gasteiger partial charge in [0, 0.05) is 5.56 Å². The van der Waals surface area contributed by atoms with Gasteiger partial charge in [-0.05, 0) is 30.5 Å². The van der Waals surface area contributed by atoms with Crippen molar-refractivity contribution in [2.45, 2.75) is 38.0 Å². The molecule has 1 aliphatic carbocycles. The van der Waals surface area contributed by atoms with E-state index < -0.39 is 23.7 Å². The first-order valence-corrected chi connectivity index (χ1v) is 5.92. The van der Waals surface area contributed by atoms with Crippen LogP contribution in [0.2, 0.25) is 0 Å². The second-order valence-corrected chi connectivity index (χ2v) is 4.78. The van der Waals surface area contributed by atoms with Crippen LogP contribution in [0.15, 0.2) is 18.2 Å². The molecule has 18 heavy (non-hydrogen) atoms. The van der Waals surface area contributed by atoms with Crippen LogP contribution < -0.4 is 0 Å². The van der Waals surface area contributed by atoms with E-state index in [1.165, 1.54) is 0 Å². The monoisotopic (exact) mass is 262 g/mol. The first kappa shape index (κ1) is 13.3. The van der Waals surface area contributed by atoms with Gasteiger partial charge in [0.1, 0.15) is 5.82 Å². The summed E-state index contributed by atoms with van der Waals surface area (Å²) < 4.78 is 50.9. The van der Waals surface area contributed by atoms with Crippen molar-refractivity contribution in [2.75, 3.05) is 0 Å². The van der Waals surface area contributed by atoms with E-state index in [0.717, 1.165) is 25.3 Å². The zero-order valence-corrected chi connectivity index (χ0v) is 9.67. The zero-order valence-electron chi connectivity index (χ0n) is 9.67. The molecule has 0 radical (unpaired) electrons. The Hall–Kier alpha value is -1.10. The van der Waals surface area contributed by atoms with Crippen LogP contribution in [0.5, 0.6) is 0 Å². The number of rotatable bonds is 3. The molecule has 100 valence electrons. The molecule has 1 aromatic rings. The molecule has 1 nitrogen and oxygen atoms in total. The molecule has 1 N–H and O–H groups in total. The first-order valence-electron chi connectivity index (χ1n) is 5.92. The third-order valence-corrected chi connectivity index (χ3v) is 3.46. The van der Waals surface area contributed by atoms with Crippen molar-refractivity contribution in [3.63, 3.8) is 0 Å². The Balaban J connectivity index is 2.19. The largest absolute Gasteiger partial charge is 0.416 e. The van der Waals surface area contributed by atoms with Crippen LogP contribution in [0.1, 0.15) is 42.9 Å². The molecule has 0 aliphatic heterocycles. The molecule has 0 spiro atoms. The quantitative estimate of drug-likeness (QED) is 0.814. The average molecular weight is 262 g/mol. The van der Waals surface area contributed by atoms with E-state index in [2.05, 4.69) is 0 Å². The summed E-state index contributed by atoms with van der Waals surface area (Å²) in [5, 5.41) is 9.82. The van der Waals surface area contributed by atoms with Crippen molar-refractivity contribution in [2.24, 2.45) is 5.92 Å². The van der Waals surface area contributed by atoms with Gasteiger partial charge in [0.05, 0.1) is 11.7 Å². The Morgan fingerprint density at radius 3 is 2.44 bits per heavy atom. The van der Waals surface area contributed by atoms with Gasteiger partial charge in [0.25, 0.3) is 0 Å². The Labute approximate surface area is 102 Å². The molecular formula is C13H14F4O. The second kappa shape index (κ2) is 4.88. The minimum Gasteiger partial charge on any atom is -0.388 e. The standard InChI is InChI=1S/C13H14F4O/c14-11-5-4-9(13(15,16)17)7-10(11)12(18)6-8-2-1-3-8/h4-5,7-8,12,18H,1-3,6H2. The third kappa shape index (κ3) is 2.83. The summed E-state index contributed by atoms with van der Waals surface area (Å²) >= 11 is 0. The number of hydrogen-bond donors (Lipinski definition) is 1. The maximum atomic E-state index is 13.5. The number of hydrogen-bond acceptors (Lipinski definition) is 1. The molecule has 5 heteroatoms. The fraction of sp³-hybridized carbons (Fsp3) is 0.538. The molecule has 1 saturated carbocycles. The normalized spacial score (nSPS) is 18.5. The smallest absolute Gasteiger partial charge is 0.388 e. The topological polar surface area (TPSA) is 20.2 Å². The summed E-state index contributed by atoms with van der Waals surface area (Å²) in [4.78, 5) is 0. The lowest BCUT2D eigenvalue weighted by Crippen LogP contribution is -2.16. The highest BCUT2D eigenvalue weighted by molar-refractivity contribution is 5.28. The Bertz CT molecular complexity index is 423. The lowest BCUT2D eigenvalue weighted by Gasteiger charge is -2.28. The zero-order chi connectivity index (χ0) is 13.3. The summed E-state index contributed by atoms with van der Waals surface area (Å²) in [6.45, 7) is 0. The fourth-order valence-electron chi connectivity index (χ4n) is 2.15. The number of aliphatic hydroxyl groups is 1. The molecule has 2 rings (SSSR count). The summed E-state index contributed by atoms with van der Waals surface area (Å²) in [6, 6.07) is 2.16. The highest BCUT2D eigenvalue weighted by atomic mass is 19.4. The summed E-state index contributed by atoms with van der Waals surface area (Å²) in [5.74, 6) is -0.483. The Morgan fingerprint density at radius 2 is 1.94 bits per heavy atom. The highest BCUT2D eigenvalue weighted by Gasteiger charge is 2.32. The van der Waals surface area contributed by atoms with Gasteiger partial charge >= 0.3 is 6.18 Å². The SMILES string of the molecule is OC(CC1CCC1)c1cc(C(F)(F)F)ccc1F. The number of aliphatic hydroxyl groups excluding tert-OH is 1. The van der Waals surface area contributed by atoms with Gasteiger partial charge in [-0.15, -0.1) is 0 Å². The molecule has 0 amide bonds. The van der Waals surface area contributed by atoms with Crippen molar-refractivity contribution in [1.82, 2.24) is 0 Å². The lowest BCUT2D eigenvalue weighted by molar-refractivity contribution is -0.137. The summed E-state index contributed by atoms with van der Waals surface area (Å²) in [6.07, 6.45) is -2.35. The lowest BCUT2D eigenvalue weighted by atomic mass is 9.80. The minimum atomic E-state index is -4.52. The minimum absolute atomic E-state index is 0.253. The number of alkyl halides is 3. The van der Waals surface area contributed by atoms with Gasteiger partial charge < -0.3 is 5.11 Å². The summed E-state index contributed by atoms with van der Waals surface area (Å²) in [7, 11) is 0. The second-order valence-electron chi connectivity index (χ2n) is 4.78. The van der Waals surface area contributed by atoms with Crippen molar-refractivity contribution in [3.05, 3.63) is 35.1 Å². The highest BCUT2D eigenvalue weighted by Crippen LogP contribution is 2.37. The molecule has 1 aromatic carbocycles. The van der Waals surface area contributed by atoms with Crippen molar-refractivity contribution in [3.8, 4) is 0 Å². The van der Waals surface area contributed by atoms with E-state index in [-0.39, 0.29) is 5.56 Å². The number of halogens is 4. The summed E-state index contributed by atoms with van der Waals surface area (Å²) in [5.41, 5.74) is -1.18. The maximum absolute atomic E-state index is 13.5. The molecule has 1 atom stereocenters. The molecular weight excluding hydrogens is 248 g/mol. The average Bonchev–Trinajstić information content (AvgIpc) is 2.22. The number of benzene rings is 1. The van der Waals surface area contributed by atoms with Gasteiger partial charge in [0.2, 0.25) is 0 Å². The van der Waals surface area contributed by atoms with Crippen LogP contribution in [-0.2, 0) is 6.18 Å². The van der Waals surface area contributed by atoms with Crippen molar-refractivity contribution < 1.29 is 22.7 Å². The van der Waals surface area contributed by atoms with Crippen LogP contribution in [0.25, 0.3) is 0 Å². The van der Waals surface area contributed by atoms with E-state index in [0.29, 0.717) is 24.5 Å². The van der Waals surface area contributed by atoms with Crippen LogP contribution in [0.4, 0.5) is 17.6 Å². The van der Waals surface area contributed by atoms with Crippen LogP contribution in [-0.4, -0.2) is 5.11 Å². The predicted octanol–water partition coefficient (Wildman–Crippen LogP) is 4.07. The van der Waals surface area contributed by atoms with Gasteiger partial charge in [-0.3, -0.25) is 0 Å². The van der Waals surface area contributed by atoms with Crippen molar-refractivity contribution >= 4 is 0 Å². The molecule has 0 saturated heterocycles. The van der Waals surface area contributed by atoms with Crippen LogP contribution in [0, 0.1) is 11.7 Å². The Morgan fingerprint density at radius 1 is 1.28 bits per heavy atom. The van der Waals surface area contributed by atoms with Crippen LogP contribution in [0.3, 0.4) is 0 Å². The van der Waals surface area contributed by atoms with Gasteiger partial charge in [-0.25, -0.2) is 4.39 Å². The van der Waals surface area contributed by atoms with E-state index in [1.807, 2.05) is 0 Å². The third-order valence-electron chi connectivity index (χ3n) is 3.46. The molecule has 0 bridgehead atoms. The van der Waals surface area contributed by atoms with Crippen LogP contribution >= 0.6 is 0 Å². The maximum Gasteiger partial charge on any atom is 0.416 e. The Kier molecular flexibility index (Phi) is 3.61. The van der Waals surface area contributed by atoms with E-state index in [4.69, 9.17) is 0 Å². The molecule has 1 unspecified atom stereocenters. The fourth-order valence-corrected chi connectivity index (χ4v) is 2.15. The molecule has 0 aromatic heterocycles. The van der Waals surface area contributed by atoms with E-state index >= 15 is 0 Å². The van der Waals surface area contributed by atoms with E-state index in [9.17, 15) is 22.7 Å². The van der Waals surface area contributed by atoms with Crippen molar-refractivity contribution in [1.29, 1.82) is 0 Å². The van der Waals surface area contributed by atoms with Gasteiger partial charge in [0.15, 0.2) is 0 Å². The first-order chi connectivity index (χ1) is 8.38.